The maximum Gasteiger partial charge on any atom is 0.140 e. The van der Waals surface area contributed by atoms with Crippen LogP contribution in [-0.2, 0) is 6.42 Å². The number of piperidine rings is 1. The molecule has 0 spiro atoms. The lowest BCUT2D eigenvalue weighted by atomic mass is 9.96. The second-order valence-electron chi connectivity index (χ2n) is 5.07. The van der Waals surface area contributed by atoms with E-state index in [2.05, 4.69) is 5.32 Å². The Kier molecular flexibility index (Phi) is 4.94. The molecule has 0 aromatic heterocycles. The molecule has 1 unspecified atom stereocenters. The molecule has 1 fully saturated rings. The van der Waals surface area contributed by atoms with Crippen LogP contribution in [0.2, 0.25) is 5.02 Å². The summed E-state index contributed by atoms with van der Waals surface area (Å²) in [5, 5.41) is 4.23. The Hall–Kier alpha value is -0.930. The quantitative estimate of drug-likeness (QED) is 0.919. The Morgan fingerprint density at radius 2 is 2.11 bits per heavy atom. The molecule has 1 saturated heterocycles. The molecular formula is C15H22ClNO2. The van der Waals surface area contributed by atoms with Gasteiger partial charge in [-0.2, -0.15) is 0 Å². The SMILES string of the molecule is COc1cc(C)c(OC)c(Cl)c1CC1CCCCN1. The normalized spacial score (nSPS) is 19.3. The maximum absolute atomic E-state index is 6.48. The third-order valence-corrected chi connectivity index (χ3v) is 4.15. The number of hydrogen-bond acceptors (Lipinski definition) is 3. The largest absolute Gasteiger partial charge is 0.496 e. The minimum Gasteiger partial charge on any atom is -0.496 e. The highest BCUT2D eigenvalue weighted by molar-refractivity contribution is 6.33. The summed E-state index contributed by atoms with van der Waals surface area (Å²) in [7, 11) is 3.35. The van der Waals surface area contributed by atoms with Gasteiger partial charge in [0, 0.05) is 11.6 Å². The average molecular weight is 284 g/mol. The Labute approximate surface area is 120 Å². The van der Waals surface area contributed by atoms with Gasteiger partial charge < -0.3 is 14.8 Å². The average Bonchev–Trinajstić information content (AvgIpc) is 2.43. The zero-order valence-corrected chi connectivity index (χ0v) is 12.6. The number of rotatable bonds is 4. The smallest absolute Gasteiger partial charge is 0.140 e. The summed E-state index contributed by atoms with van der Waals surface area (Å²) in [6.07, 6.45) is 4.62. The van der Waals surface area contributed by atoms with Crippen LogP contribution in [0.5, 0.6) is 11.5 Å². The van der Waals surface area contributed by atoms with Gasteiger partial charge in [0.15, 0.2) is 0 Å². The second-order valence-corrected chi connectivity index (χ2v) is 5.45. The van der Waals surface area contributed by atoms with E-state index in [0.717, 1.165) is 35.6 Å². The molecule has 4 heteroatoms. The molecule has 0 aliphatic carbocycles. The third-order valence-electron chi connectivity index (χ3n) is 3.75. The number of halogens is 1. The van der Waals surface area contributed by atoms with Crippen LogP contribution in [0.1, 0.15) is 30.4 Å². The van der Waals surface area contributed by atoms with Gasteiger partial charge in [0.1, 0.15) is 11.5 Å². The van der Waals surface area contributed by atoms with E-state index >= 15 is 0 Å². The summed E-state index contributed by atoms with van der Waals surface area (Å²) in [5.41, 5.74) is 2.05. The first-order valence-electron chi connectivity index (χ1n) is 6.80. The van der Waals surface area contributed by atoms with Gasteiger partial charge in [0.05, 0.1) is 19.2 Å². The molecule has 106 valence electrons. The Morgan fingerprint density at radius 3 is 2.68 bits per heavy atom. The Balaban J connectivity index is 2.31. The first-order chi connectivity index (χ1) is 9.17. The summed E-state index contributed by atoms with van der Waals surface area (Å²) in [6.45, 7) is 3.07. The van der Waals surface area contributed by atoms with E-state index in [1.54, 1.807) is 14.2 Å². The molecule has 1 aromatic rings. The topological polar surface area (TPSA) is 30.5 Å². The van der Waals surface area contributed by atoms with Gasteiger partial charge in [-0.25, -0.2) is 0 Å². The number of hydrogen-bond donors (Lipinski definition) is 1. The van der Waals surface area contributed by atoms with Crippen molar-refractivity contribution in [2.24, 2.45) is 0 Å². The fraction of sp³-hybridized carbons (Fsp3) is 0.600. The van der Waals surface area contributed by atoms with Gasteiger partial charge in [0.2, 0.25) is 0 Å². The van der Waals surface area contributed by atoms with Crippen LogP contribution in [-0.4, -0.2) is 26.8 Å². The molecule has 1 heterocycles. The van der Waals surface area contributed by atoms with Crippen molar-refractivity contribution in [3.05, 3.63) is 22.2 Å². The lowest BCUT2D eigenvalue weighted by Gasteiger charge is -2.25. The zero-order valence-electron chi connectivity index (χ0n) is 11.9. The first-order valence-corrected chi connectivity index (χ1v) is 7.18. The molecule has 1 atom stereocenters. The van der Waals surface area contributed by atoms with E-state index in [-0.39, 0.29) is 0 Å². The van der Waals surface area contributed by atoms with Crippen molar-refractivity contribution in [2.75, 3.05) is 20.8 Å². The lowest BCUT2D eigenvalue weighted by Crippen LogP contribution is -2.35. The standard InChI is InChI=1S/C15H22ClNO2/c1-10-8-13(18-2)12(14(16)15(10)19-3)9-11-6-4-5-7-17-11/h8,11,17H,4-7,9H2,1-3H3. The Bertz CT molecular complexity index is 442. The molecule has 0 bridgehead atoms. The van der Waals surface area contributed by atoms with Crippen LogP contribution >= 0.6 is 11.6 Å². The fourth-order valence-electron chi connectivity index (χ4n) is 2.74. The van der Waals surface area contributed by atoms with E-state index in [0.29, 0.717) is 11.1 Å². The fourth-order valence-corrected chi connectivity index (χ4v) is 3.13. The molecule has 3 nitrogen and oxygen atoms in total. The summed E-state index contributed by atoms with van der Waals surface area (Å²) in [5.74, 6) is 1.61. The van der Waals surface area contributed by atoms with Crippen molar-refractivity contribution in [2.45, 2.75) is 38.6 Å². The number of nitrogens with one attached hydrogen (secondary N) is 1. The summed E-state index contributed by atoms with van der Waals surface area (Å²) >= 11 is 6.48. The molecule has 0 saturated carbocycles. The molecule has 19 heavy (non-hydrogen) atoms. The number of benzene rings is 1. The maximum atomic E-state index is 6.48. The lowest BCUT2D eigenvalue weighted by molar-refractivity contribution is 0.376. The minimum atomic E-state index is 0.479. The number of aryl methyl sites for hydroxylation is 1. The Morgan fingerprint density at radius 1 is 1.32 bits per heavy atom. The van der Waals surface area contributed by atoms with Crippen LogP contribution < -0.4 is 14.8 Å². The summed E-state index contributed by atoms with van der Waals surface area (Å²) < 4.78 is 10.9. The van der Waals surface area contributed by atoms with E-state index in [9.17, 15) is 0 Å². The molecule has 1 aliphatic heterocycles. The predicted octanol–water partition coefficient (Wildman–Crippen LogP) is 3.35. The van der Waals surface area contributed by atoms with Crippen molar-refractivity contribution >= 4 is 11.6 Å². The van der Waals surface area contributed by atoms with Crippen LogP contribution in [0.3, 0.4) is 0 Å². The number of ether oxygens (including phenoxy) is 2. The highest BCUT2D eigenvalue weighted by Gasteiger charge is 2.21. The van der Waals surface area contributed by atoms with Gasteiger partial charge in [-0.1, -0.05) is 18.0 Å². The summed E-state index contributed by atoms with van der Waals surface area (Å²) in [4.78, 5) is 0. The van der Waals surface area contributed by atoms with Gasteiger partial charge >= 0.3 is 0 Å². The number of methoxy groups -OCH3 is 2. The molecule has 1 aromatic carbocycles. The van der Waals surface area contributed by atoms with E-state index < -0.39 is 0 Å². The van der Waals surface area contributed by atoms with Crippen molar-refractivity contribution in [1.82, 2.24) is 5.32 Å². The van der Waals surface area contributed by atoms with E-state index in [4.69, 9.17) is 21.1 Å². The molecule has 0 radical (unpaired) electrons. The van der Waals surface area contributed by atoms with Crippen LogP contribution in [0.25, 0.3) is 0 Å². The van der Waals surface area contributed by atoms with Crippen LogP contribution in [0.15, 0.2) is 6.07 Å². The molecule has 1 N–H and O–H groups in total. The molecule has 1 aliphatic rings. The zero-order chi connectivity index (χ0) is 13.8. The first kappa shape index (κ1) is 14.5. The monoisotopic (exact) mass is 283 g/mol. The van der Waals surface area contributed by atoms with Crippen molar-refractivity contribution in [3.8, 4) is 11.5 Å². The van der Waals surface area contributed by atoms with E-state index in [1.165, 1.54) is 19.3 Å². The van der Waals surface area contributed by atoms with Crippen molar-refractivity contribution in [1.29, 1.82) is 0 Å². The van der Waals surface area contributed by atoms with E-state index in [1.807, 2.05) is 13.0 Å². The molecule has 0 amide bonds. The van der Waals surface area contributed by atoms with Gasteiger partial charge in [-0.15, -0.1) is 0 Å². The van der Waals surface area contributed by atoms with Gasteiger partial charge in [-0.05, 0) is 44.4 Å². The van der Waals surface area contributed by atoms with Crippen LogP contribution in [0.4, 0.5) is 0 Å². The third kappa shape index (κ3) is 3.15. The summed E-state index contributed by atoms with van der Waals surface area (Å²) in [6, 6.07) is 2.48. The molecule has 2 rings (SSSR count). The van der Waals surface area contributed by atoms with Gasteiger partial charge in [0.25, 0.3) is 0 Å². The van der Waals surface area contributed by atoms with Crippen molar-refractivity contribution < 1.29 is 9.47 Å². The molecular weight excluding hydrogens is 262 g/mol. The predicted molar refractivity (Wildman–Crippen MR) is 78.6 cm³/mol. The van der Waals surface area contributed by atoms with Crippen molar-refractivity contribution in [3.63, 3.8) is 0 Å². The van der Waals surface area contributed by atoms with Gasteiger partial charge in [-0.3, -0.25) is 0 Å². The highest BCUT2D eigenvalue weighted by Crippen LogP contribution is 2.39. The highest BCUT2D eigenvalue weighted by atomic mass is 35.5. The minimum absolute atomic E-state index is 0.479. The van der Waals surface area contributed by atoms with Crippen LogP contribution in [0, 0.1) is 6.92 Å². The second kappa shape index (κ2) is 6.49.